The van der Waals surface area contributed by atoms with E-state index in [9.17, 15) is 9.59 Å². The SMILES string of the molecule is CCC(C(=O)N[C@@H](C)C(=O)O)c1ccccc1. The van der Waals surface area contributed by atoms with E-state index in [1.807, 2.05) is 37.3 Å². The van der Waals surface area contributed by atoms with Crippen LogP contribution in [-0.2, 0) is 9.59 Å². The summed E-state index contributed by atoms with van der Waals surface area (Å²) in [4.78, 5) is 22.6. The lowest BCUT2D eigenvalue weighted by molar-refractivity contribution is -0.141. The monoisotopic (exact) mass is 235 g/mol. The van der Waals surface area contributed by atoms with E-state index in [2.05, 4.69) is 5.32 Å². The molecule has 1 unspecified atom stereocenters. The highest BCUT2D eigenvalue weighted by Crippen LogP contribution is 2.19. The molecule has 0 fully saturated rings. The van der Waals surface area contributed by atoms with E-state index in [1.54, 1.807) is 0 Å². The summed E-state index contributed by atoms with van der Waals surface area (Å²) in [5.74, 6) is -1.56. The fourth-order valence-electron chi connectivity index (χ4n) is 1.63. The van der Waals surface area contributed by atoms with Crippen molar-refractivity contribution < 1.29 is 14.7 Å². The summed E-state index contributed by atoms with van der Waals surface area (Å²) in [5.41, 5.74) is 0.907. The first kappa shape index (κ1) is 13.2. The van der Waals surface area contributed by atoms with E-state index in [0.717, 1.165) is 5.56 Å². The molecule has 0 radical (unpaired) electrons. The zero-order chi connectivity index (χ0) is 12.8. The lowest BCUT2D eigenvalue weighted by Crippen LogP contribution is -2.40. The third kappa shape index (κ3) is 3.59. The summed E-state index contributed by atoms with van der Waals surface area (Å²) >= 11 is 0. The van der Waals surface area contributed by atoms with E-state index < -0.39 is 12.0 Å². The van der Waals surface area contributed by atoms with Crippen LogP contribution in [0.1, 0.15) is 31.7 Å². The second-order valence-corrected chi connectivity index (χ2v) is 3.94. The van der Waals surface area contributed by atoms with E-state index >= 15 is 0 Å². The molecule has 1 amide bonds. The molecule has 0 aromatic heterocycles. The Balaban J connectivity index is 2.75. The maximum atomic E-state index is 11.9. The summed E-state index contributed by atoms with van der Waals surface area (Å²) in [6.07, 6.45) is 0.641. The molecule has 2 N–H and O–H groups in total. The number of carbonyl (C=O) groups excluding carboxylic acids is 1. The normalized spacial score (nSPS) is 13.8. The van der Waals surface area contributed by atoms with Gasteiger partial charge in [-0.15, -0.1) is 0 Å². The smallest absolute Gasteiger partial charge is 0.325 e. The van der Waals surface area contributed by atoms with Crippen molar-refractivity contribution in [3.63, 3.8) is 0 Å². The van der Waals surface area contributed by atoms with Gasteiger partial charge >= 0.3 is 5.97 Å². The fraction of sp³-hybridized carbons (Fsp3) is 0.385. The van der Waals surface area contributed by atoms with Crippen molar-refractivity contribution in [1.29, 1.82) is 0 Å². The third-order valence-corrected chi connectivity index (χ3v) is 2.66. The summed E-state index contributed by atoms with van der Waals surface area (Å²) in [5, 5.41) is 11.2. The predicted octanol–water partition coefficient (Wildman–Crippen LogP) is 1.77. The molecule has 0 aliphatic heterocycles. The molecule has 1 rings (SSSR count). The van der Waals surface area contributed by atoms with Gasteiger partial charge in [-0.05, 0) is 18.9 Å². The van der Waals surface area contributed by atoms with E-state index in [0.29, 0.717) is 6.42 Å². The van der Waals surface area contributed by atoms with Gasteiger partial charge in [-0.25, -0.2) is 0 Å². The Bertz CT molecular complexity index is 389. The number of carbonyl (C=O) groups is 2. The van der Waals surface area contributed by atoms with Crippen molar-refractivity contribution in [2.24, 2.45) is 0 Å². The maximum absolute atomic E-state index is 11.9. The zero-order valence-electron chi connectivity index (χ0n) is 10.0. The van der Waals surface area contributed by atoms with Crippen molar-refractivity contribution in [2.75, 3.05) is 0 Å². The molecule has 1 aromatic carbocycles. The van der Waals surface area contributed by atoms with Crippen molar-refractivity contribution in [3.8, 4) is 0 Å². The lowest BCUT2D eigenvalue weighted by Gasteiger charge is -2.17. The number of amides is 1. The highest BCUT2D eigenvalue weighted by Gasteiger charge is 2.22. The molecule has 0 bridgehead atoms. The average molecular weight is 235 g/mol. The Labute approximate surface area is 101 Å². The first-order valence-electron chi connectivity index (χ1n) is 5.64. The molecule has 0 aliphatic rings. The summed E-state index contributed by atoms with van der Waals surface area (Å²) in [6.45, 7) is 3.36. The van der Waals surface area contributed by atoms with Gasteiger partial charge in [0.05, 0.1) is 5.92 Å². The van der Waals surface area contributed by atoms with Gasteiger partial charge in [0, 0.05) is 0 Å². The van der Waals surface area contributed by atoms with E-state index in [1.165, 1.54) is 6.92 Å². The number of nitrogens with one attached hydrogen (secondary N) is 1. The number of carboxylic acids is 1. The van der Waals surface area contributed by atoms with Gasteiger partial charge in [-0.2, -0.15) is 0 Å². The van der Waals surface area contributed by atoms with Crippen molar-refractivity contribution >= 4 is 11.9 Å². The number of aliphatic carboxylic acids is 1. The van der Waals surface area contributed by atoms with Gasteiger partial charge in [0.2, 0.25) is 5.91 Å². The molecule has 1 aromatic rings. The molecular weight excluding hydrogens is 218 g/mol. The molecule has 0 spiro atoms. The quantitative estimate of drug-likeness (QED) is 0.817. The minimum atomic E-state index is -1.03. The first-order valence-corrected chi connectivity index (χ1v) is 5.64. The van der Waals surface area contributed by atoms with Gasteiger partial charge in [-0.1, -0.05) is 37.3 Å². The van der Waals surface area contributed by atoms with Crippen LogP contribution in [0.15, 0.2) is 30.3 Å². The molecule has 2 atom stereocenters. The van der Waals surface area contributed by atoms with Crippen molar-refractivity contribution in [2.45, 2.75) is 32.2 Å². The molecule has 0 saturated carbocycles. The minimum Gasteiger partial charge on any atom is -0.480 e. The summed E-state index contributed by atoms with van der Waals surface area (Å²) in [7, 11) is 0. The van der Waals surface area contributed by atoms with Crippen LogP contribution in [0.3, 0.4) is 0 Å². The van der Waals surface area contributed by atoms with E-state index in [4.69, 9.17) is 5.11 Å². The van der Waals surface area contributed by atoms with Gasteiger partial charge in [-0.3, -0.25) is 9.59 Å². The Morgan fingerprint density at radius 1 is 1.29 bits per heavy atom. The largest absolute Gasteiger partial charge is 0.480 e. The van der Waals surface area contributed by atoms with Crippen LogP contribution in [0.5, 0.6) is 0 Å². The predicted molar refractivity (Wildman–Crippen MR) is 64.7 cm³/mol. The van der Waals surface area contributed by atoms with Gasteiger partial charge in [0.1, 0.15) is 6.04 Å². The molecule has 0 saturated heterocycles. The lowest BCUT2D eigenvalue weighted by atomic mass is 9.95. The van der Waals surface area contributed by atoms with Crippen molar-refractivity contribution in [1.82, 2.24) is 5.32 Å². The van der Waals surface area contributed by atoms with Gasteiger partial charge < -0.3 is 10.4 Å². The number of hydrogen-bond donors (Lipinski definition) is 2. The number of rotatable bonds is 5. The molecule has 4 nitrogen and oxygen atoms in total. The third-order valence-electron chi connectivity index (χ3n) is 2.66. The zero-order valence-corrected chi connectivity index (χ0v) is 10.0. The fourth-order valence-corrected chi connectivity index (χ4v) is 1.63. The molecular formula is C13H17NO3. The summed E-state index contributed by atoms with van der Waals surface area (Å²) < 4.78 is 0. The Morgan fingerprint density at radius 3 is 2.35 bits per heavy atom. The molecule has 0 aliphatic carbocycles. The van der Waals surface area contributed by atoms with Crippen LogP contribution in [-0.4, -0.2) is 23.0 Å². The van der Waals surface area contributed by atoms with Crippen LogP contribution in [0.25, 0.3) is 0 Å². The first-order chi connectivity index (χ1) is 8.06. The average Bonchev–Trinajstić information content (AvgIpc) is 2.31. The molecule has 92 valence electrons. The molecule has 0 heterocycles. The molecule has 17 heavy (non-hydrogen) atoms. The Morgan fingerprint density at radius 2 is 1.88 bits per heavy atom. The van der Waals surface area contributed by atoms with Crippen LogP contribution in [0.4, 0.5) is 0 Å². The molecule has 4 heteroatoms. The van der Waals surface area contributed by atoms with Crippen molar-refractivity contribution in [3.05, 3.63) is 35.9 Å². The van der Waals surface area contributed by atoms with Crippen LogP contribution in [0, 0.1) is 0 Å². The van der Waals surface area contributed by atoms with E-state index in [-0.39, 0.29) is 11.8 Å². The number of benzene rings is 1. The van der Waals surface area contributed by atoms with Crippen LogP contribution < -0.4 is 5.32 Å². The highest BCUT2D eigenvalue weighted by atomic mass is 16.4. The number of hydrogen-bond acceptors (Lipinski definition) is 2. The highest BCUT2D eigenvalue weighted by molar-refractivity contribution is 5.87. The van der Waals surface area contributed by atoms with Crippen LogP contribution in [0.2, 0.25) is 0 Å². The van der Waals surface area contributed by atoms with Gasteiger partial charge in [0.15, 0.2) is 0 Å². The second-order valence-electron chi connectivity index (χ2n) is 3.94. The Hall–Kier alpha value is -1.84. The minimum absolute atomic E-state index is 0.242. The topological polar surface area (TPSA) is 66.4 Å². The van der Waals surface area contributed by atoms with Crippen LogP contribution >= 0.6 is 0 Å². The maximum Gasteiger partial charge on any atom is 0.325 e. The standard InChI is InChI=1S/C13H17NO3/c1-3-11(10-7-5-4-6-8-10)12(15)14-9(2)13(16)17/h4-9,11H,3H2,1-2H3,(H,14,15)(H,16,17)/t9-,11?/m0/s1. The Kier molecular flexibility index (Phi) is 4.69. The summed E-state index contributed by atoms with van der Waals surface area (Å²) in [6, 6.07) is 8.50. The second kappa shape index (κ2) is 6.03. The van der Waals surface area contributed by atoms with Gasteiger partial charge in [0.25, 0.3) is 0 Å². The number of carboxylic acid groups (broad SMARTS) is 1.